The fourth-order valence-corrected chi connectivity index (χ4v) is 8.28. The normalized spacial score (nSPS) is 20.6. The van der Waals surface area contributed by atoms with Gasteiger partial charge in [0.25, 0.3) is 0 Å². The summed E-state index contributed by atoms with van der Waals surface area (Å²) in [7, 11) is 1.51. The molecule has 1 N–H and O–H groups in total. The molecule has 54 heavy (non-hydrogen) atoms. The van der Waals surface area contributed by atoms with E-state index in [1.165, 1.54) is 23.5 Å². The second kappa shape index (κ2) is 15.2. The number of carbonyl (C=O) groups excluding carboxylic acids is 2. The van der Waals surface area contributed by atoms with E-state index in [4.69, 9.17) is 19.2 Å². The molecule has 1 amide bonds. The minimum atomic E-state index is -4.67. The minimum Gasteiger partial charge on any atom is -0.464 e. The van der Waals surface area contributed by atoms with Crippen LogP contribution in [0.2, 0.25) is 0 Å². The van der Waals surface area contributed by atoms with E-state index in [0.717, 1.165) is 10.6 Å². The Labute approximate surface area is 314 Å². The summed E-state index contributed by atoms with van der Waals surface area (Å²) in [6.07, 6.45) is -1.94. The third-order valence-electron chi connectivity index (χ3n) is 10.3. The Morgan fingerprint density at radius 3 is 2.63 bits per heavy atom. The average molecular weight is 773 g/mol. The number of cyclic esters (lactones) is 1. The SMILES string of the molecule is COC(C)c1ncc(N2CCOCC2)cc1-c1c2c3cc(c(F)cc3n1CC(F)(F)F)-c1csc(n1)CCC(=O)N1CCCC(N1)C(=O)OCC(C)(C)C2. The van der Waals surface area contributed by atoms with Gasteiger partial charge in [0, 0.05) is 66.9 Å². The fraction of sp³-hybridized carbons (Fsp3) is 0.526. The Kier molecular flexibility index (Phi) is 10.7. The van der Waals surface area contributed by atoms with Crippen LogP contribution in [0.4, 0.5) is 23.2 Å². The van der Waals surface area contributed by atoms with Crippen LogP contribution in [0.3, 0.4) is 0 Å². The highest BCUT2D eigenvalue weighted by molar-refractivity contribution is 7.09. The highest BCUT2D eigenvalue weighted by atomic mass is 32.1. The van der Waals surface area contributed by atoms with Gasteiger partial charge in [0.2, 0.25) is 5.91 Å². The molecule has 0 spiro atoms. The molecular weight excluding hydrogens is 729 g/mol. The van der Waals surface area contributed by atoms with Crippen molar-refractivity contribution in [2.75, 3.05) is 51.5 Å². The summed E-state index contributed by atoms with van der Waals surface area (Å²) in [6.45, 7) is 6.62. The second-order valence-electron chi connectivity index (χ2n) is 14.9. The largest absolute Gasteiger partial charge is 0.464 e. The zero-order valence-electron chi connectivity index (χ0n) is 30.7. The molecule has 3 aliphatic heterocycles. The number of halogens is 4. The Morgan fingerprint density at radius 2 is 1.89 bits per heavy atom. The summed E-state index contributed by atoms with van der Waals surface area (Å²) < 4.78 is 78.6. The van der Waals surface area contributed by atoms with Gasteiger partial charge in [-0.3, -0.25) is 19.6 Å². The van der Waals surface area contributed by atoms with Gasteiger partial charge < -0.3 is 23.7 Å². The van der Waals surface area contributed by atoms with Crippen molar-refractivity contribution in [3.05, 3.63) is 51.9 Å². The lowest BCUT2D eigenvalue weighted by Crippen LogP contribution is -2.55. The summed E-state index contributed by atoms with van der Waals surface area (Å²) >= 11 is 1.28. The number of alkyl halides is 3. The molecule has 290 valence electrons. The molecule has 0 radical (unpaired) electrons. The maximum atomic E-state index is 16.3. The number of hydrogen-bond donors (Lipinski definition) is 1. The van der Waals surface area contributed by atoms with Gasteiger partial charge in [-0.25, -0.2) is 14.8 Å². The number of rotatable bonds is 5. The number of benzene rings is 1. The molecule has 3 aliphatic rings. The number of aromatic nitrogens is 3. The summed E-state index contributed by atoms with van der Waals surface area (Å²) in [5, 5.41) is 4.16. The second-order valence-corrected chi connectivity index (χ2v) is 15.9. The van der Waals surface area contributed by atoms with Crippen LogP contribution in [0.25, 0.3) is 33.4 Å². The number of anilines is 1. The van der Waals surface area contributed by atoms with Gasteiger partial charge in [-0.15, -0.1) is 11.3 Å². The zero-order valence-corrected chi connectivity index (χ0v) is 31.5. The maximum Gasteiger partial charge on any atom is 0.406 e. The van der Waals surface area contributed by atoms with E-state index in [2.05, 4.69) is 15.3 Å². The van der Waals surface area contributed by atoms with Crippen molar-refractivity contribution in [3.8, 4) is 22.5 Å². The third-order valence-corrected chi connectivity index (χ3v) is 11.2. The van der Waals surface area contributed by atoms with E-state index < -0.39 is 42.1 Å². The fourth-order valence-electron chi connectivity index (χ4n) is 7.48. The zero-order chi connectivity index (χ0) is 38.4. The molecule has 2 saturated heterocycles. The van der Waals surface area contributed by atoms with Crippen molar-refractivity contribution in [2.45, 2.75) is 77.7 Å². The lowest BCUT2D eigenvalue weighted by molar-refractivity contribution is -0.154. The number of carbonyl (C=O) groups is 2. The van der Waals surface area contributed by atoms with E-state index in [1.54, 1.807) is 24.6 Å². The highest BCUT2D eigenvalue weighted by Gasteiger charge is 2.37. The van der Waals surface area contributed by atoms with E-state index in [1.807, 2.05) is 19.9 Å². The Bertz CT molecular complexity index is 2040. The predicted octanol–water partition coefficient (Wildman–Crippen LogP) is 6.63. The Morgan fingerprint density at radius 1 is 1.11 bits per heavy atom. The molecular formula is C38H44F4N6O5S. The molecule has 16 heteroatoms. The maximum absolute atomic E-state index is 16.3. The van der Waals surface area contributed by atoms with Crippen LogP contribution >= 0.6 is 11.3 Å². The van der Waals surface area contributed by atoms with Gasteiger partial charge in [0.1, 0.15) is 18.4 Å². The molecule has 6 heterocycles. The number of hydrogen-bond acceptors (Lipinski definition) is 10. The first-order valence-corrected chi connectivity index (χ1v) is 19.0. The molecule has 2 unspecified atom stereocenters. The number of morpholine rings is 1. The first-order valence-electron chi connectivity index (χ1n) is 18.2. The van der Waals surface area contributed by atoms with Crippen molar-refractivity contribution < 1.29 is 41.4 Å². The minimum absolute atomic E-state index is 0.0566. The molecule has 2 fully saturated rings. The summed E-state index contributed by atoms with van der Waals surface area (Å²) in [4.78, 5) is 38.0. The topological polar surface area (TPSA) is 111 Å². The summed E-state index contributed by atoms with van der Waals surface area (Å²) in [6, 6.07) is 3.83. The first-order chi connectivity index (χ1) is 25.7. The van der Waals surface area contributed by atoms with Gasteiger partial charge in [0.15, 0.2) is 0 Å². The van der Waals surface area contributed by atoms with Crippen molar-refractivity contribution in [2.24, 2.45) is 5.41 Å². The van der Waals surface area contributed by atoms with Crippen molar-refractivity contribution in [3.63, 3.8) is 0 Å². The van der Waals surface area contributed by atoms with Gasteiger partial charge >= 0.3 is 12.1 Å². The summed E-state index contributed by atoms with van der Waals surface area (Å²) in [5.74, 6) is -1.45. The number of methoxy groups -OCH3 is 1. The number of ether oxygens (including phenoxy) is 3. The number of nitrogens with zero attached hydrogens (tertiary/aromatic N) is 5. The molecule has 4 aromatic rings. The van der Waals surface area contributed by atoms with Crippen LogP contribution in [0.1, 0.15) is 62.4 Å². The molecule has 11 nitrogen and oxygen atoms in total. The van der Waals surface area contributed by atoms with E-state index in [-0.39, 0.29) is 42.1 Å². The number of thiazole rings is 1. The lowest BCUT2D eigenvalue weighted by Gasteiger charge is -2.33. The van der Waals surface area contributed by atoms with Crippen LogP contribution in [-0.4, -0.2) is 90.2 Å². The number of hydrazine groups is 1. The van der Waals surface area contributed by atoms with Crippen LogP contribution in [-0.2, 0) is 43.2 Å². The van der Waals surface area contributed by atoms with E-state index >= 15 is 4.39 Å². The lowest BCUT2D eigenvalue weighted by atomic mass is 9.84. The van der Waals surface area contributed by atoms with Crippen molar-refractivity contribution in [1.82, 2.24) is 25.0 Å². The number of amides is 1. The van der Waals surface area contributed by atoms with Crippen LogP contribution in [0, 0.1) is 11.2 Å². The number of aryl methyl sites for hydroxylation is 1. The number of fused-ring (bicyclic) bond motifs is 6. The van der Waals surface area contributed by atoms with Crippen molar-refractivity contribution >= 4 is 39.8 Å². The van der Waals surface area contributed by atoms with Crippen LogP contribution in [0.5, 0.6) is 0 Å². The molecule has 0 saturated carbocycles. The summed E-state index contributed by atoms with van der Waals surface area (Å²) in [5.41, 5.74) is 5.03. The molecule has 2 atom stereocenters. The molecule has 6 bridgehead atoms. The predicted molar refractivity (Wildman–Crippen MR) is 195 cm³/mol. The monoisotopic (exact) mass is 772 g/mol. The van der Waals surface area contributed by atoms with E-state index in [0.29, 0.717) is 90.7 Å². The van der Waals surface area contributed by atoms with Gasteiger partial charge in [-0.2, -0.15) is 13.2 Å². The van der Waals surface area contributed by atoms with Gasteiger partial charge in [-0.1, -0.05) is 13.8 Å². The number of esters is 1. The Hall–Kier alpha value is -4.12. The smallest absolute Gasteiger partial charge is 0.406 e. The number of pyridine rings is 1. The van der Waals surface area contributed by atoms with Crippen LogP contribution in [0.15, 0.2) is 29.8 Å². The Balaban J connectivity index is 1.47. The standard InChI is InChI=1S/C38H44F4N6O5S/c1-22(51-4)34-26(14-23(18-43-34)46-10-12-52-13-11-46)35-27-17-37(2,3)21-53-36(50)29-6-5-9-48(45-29)33(49)8-7-32-44-30(19-54-32)25-15-24(27)31(16-28(25)39)47(35)20-38(40,41)42/h14-16,18-19,22,29,45H,5-13,17,20-21H2,1-4H3. The van der Waals surface area contributed by atoms with Crippen molar-refractivity contribution in [1.29, 1.82) is 0 Å². The van der Waals surface area contributed by atoms with E-state index in [9.17, 15) is 22.8 Å². The first kappa shape index (κ1) is 38.2. The highest BCUT2D eigenvalue weighted by Crippen LogP contribution is 2.44. The van der Waals surface area contributed by atoms with Crippen LogP contribution < -0.4 is 10.3 Å². The quantitative estimate of drug-likeness (QED) is 0.177. The molecule has 3 aromatic heterocycles. The molecule has 1 aromatic carbocycles. The molecule has 0 aliphatic carbocycles. The van der Waals surface area contributed by atoms with Gasteiger partial charge in [0.05, 0.1) is 65.4 Å². The average Bonchev–Trinajstić information content (AvgIpc) is 3.73. The third kappa shape index (κ3) is 7.97. The molecule has 7 rings (SSSR count). The number of nitrogens with one attached hydrogen (secondary N) is 1. The van der Waals surface area contributed by atoms with Gasteiger partial charge in [-0.05, 0) is 49.9 Å².